The highest BCUT2D eigenvalue weighted by Crippen LogP contribution is 2.23. The zero-order valence-electron chi connectivity index (χ0n) is 12.9. The number of aromatic nitrogens is 2. The average Bonchev–Trinajstić information content (AvgIpc) is 3.00. The molecule has 0 aromatic carbocycles. The Morgan fingerprint density at radius 3 is 2.76 bits per heavy atom. The Hall–Kier alpha value is -1.66. The fourth-order valence-electron chi connectivity index (χ4n) is 2.24. The molecule has 3 N–H and O–H groups in total. The van der Waals surface area contributed by atoms with Crippen molar-refractivity contribution in [3.05, 3.63) is 33.8 Å². The summed E-state index contributed by atoms with van der Waals surface area (Å²) in [5.41, 5.74) is 3.67. The number of likely N-dealkylation sites (N-methyl/N-ethyl adjacent to an activating group) is 1. The monoisotopic (exact) mass is 305 g/mol. The lowest BCUT2D eigenvalue weighted by Crippen LogP contribution is -2.24. The van der Waals surface area contributed by atoms with Crippen LogP contribution in [0, 0.1) is 6.92 Å². The van der Waals surface area contributed by atoms with Gasteiger partial charge in [0, 0.05) is 30.5 Å². The SMILES string of the molecule is CCCc1nc(NN)c(C)c(N(C)CCc2cccs2)n1. The van der Waals surface area contributed by atoms with Crippen molar-refractivity contribution >= 4 is 23.0 Å². The van der Waals surface area contributed by atoms with Crippen molar-refractivity contribution in [2.24, 2.45) is 5.84 Å². The van der Waals surface area contributed by atoms with Crippen LogP contribution in [0.3, 0.4) is 0 Å². The Bertz CT molecular complexity index is 568. The number of anilines is 2. The van der Waals surface area contributed by atoms with Crippen molar-refractivity contribution in [1.82, 2.24) is 9.97 Å². The first kappa shape index (κ1) is 15.7. The van der Waals surface area contributed by atoms with Gasteiger partial charge in [0.25, 0.3) is 0 Å². The topological polar surface area (TPSA) is 67.1 Å². The van der Waals surface area contributed by atoms with Crippen molar-refractivity contribution in [3.8, 4) is 0 Å². The second-order valence-corrected chi connectivity index (χ2v) is 6.11. The molecule has 0 spiro atoms. The Morgan fingerprint density at radius 1 is 1.33 bits per heavy atom. The first-order valence-electron chi connectivity index (χ1n) is 7.23. The lowest BCUT2D eigenvalue weighted by molar-refractivity contribution is 0.802. The fraction of sp³-hybridized carbons (Fsp3) is 0.467. The second-order valence-electron chi connectivity index (χ2n) is 5.08. The van der Waals surface area contributed by atoms with Gasteiger partial charge in [-0.05, 0) is 31.2 Å². The number of hydrazine groups is 1. The molecular formula is C15H23N5S. The van der Waals surface area contributed by atoms with E-state index in [1.165, 1.54) is 4.88 Å². The van der Waals surface area contributed by atoms with Crippen LogP contribution in [0.4, 0.5) is 11.6 Å². The predicted octanol–water partition coefficient (Wildman–Crippen LogP) is 2.76. The Kier molecular flexibility index (Phi) is 5.52. The molecule has 0 bridgehead atoms. The maximum absolute atomic E-state index is 5.58. The normalized spacial score (nSPS) is 10.7. The number of hydrogen-bond donors (Lipinski definition) is 2. The Balaban J connectivity index is 2.17. The van der Waals surface area contributed by atoms with E-state index in [0.717, 1.165) is 43.0 Å². The minimum Gasteiger partial charge on any atom is -0.359 e. The number of nitrogen functional groups attached to an aromatic ring is 1. The molecule has 0 aliphatic rings. The Labute approximate surface area is 130 Å². The summed E-state index contributed by atoms with van der Waals surface area (Å²) in [7, 11) is 2.07. The van der Waals surface area contributed by atoms with E-state index in [1.54, 1.807) is 11.3 Å². The Morgan fingerprint density at radius 2 is 2.14 bits per heavy atom. The van der Waals surface area contributed by atoms with Gasteiger partial charge in [0.1, 0.15) is 17.5 Å². The number of rotatable bonds is 7. The summed E-state index contributed by atoms with van der Waals surface area (Å²) in [6, 6.07) is 4.26. The molecule has 0 aliphatic heterocycles. The smallest absolute Gasteiger partial charge is 0.148 e. The van der Waals surface area contributed by atoms with Gasteiger partial charge in [0.2, 0.25) is 0 Å². The lowest BCUT2D eigenvalue weighted by Gasteiger charge is -2.22. The number of hydrogen-bond acceptors (Lipinski definition) is 6. The quantitative estimate of drug-likeness (QED) is 0.608. The minimum absolute atomic E-state index is 0.714. The van der Waals surface area contributed by atoms with Crippen LogP contribution < -0.4 is 16.2 Å². The molecule has 2 aromatic heterocycles. The van der Waals surface area contributed by atoms with Gasteiger partial charge in [0.15, 0.2) is 0 Å². The average molecular weight is 305 g/mol. The van der Waals surface area contributed by atoms with Gasteiger partial charge in [-0.2, -0.15) is 0 Å². The molecule has 0 radical (unpaired) electrons. The van der Waals surface area contributed by atoms with Crippen LogP contribution in [0.15, 0.2) is 17.5 Å². The van der Waals surface area contributed by atoms with Gasteiger partial charge >= 0.3 is 0 Å². The zero-order valence-corrected chi connectivity index (χ0v) is 13.7. The first-order valence-corrected chi connectivity index (χ1v) is 8.11. The number of thiophene rings is 1. The predicted molar refractivity (Wildman–Crippen MR) is 89.9 cm³/mol. The molecule has 0 aliphatic carbocycles. The van der Waals surface area contributed by atoms with Gasteiger partial charge in [-0.1, -0.05) is 13.0 Å². The summed E-state index contributed by atoms with van der Waals surface area (Å²) in [5, 5.41) is 2.11. The van der Waals surface area contributed by atoms with E-state index in [0.29, 0.717) is 5.82 Å². The molecule has 5 nitrogen and oxygen atoms in total. The molecule has 2 heterocycles. The van der Waals surface area contributed by atoms with Crippen molar-refractivity contribution in [1.29, 1.82) is 0 Å². The summed E-state index contributed by atoms with van der Waals surface area (Å²) in [4.78, 5) is 12.7. The maximum atomic E-state index is 5.58. The standard InChI is InChI=1S/C15H23N5S/c1-4-6-13-17-14(19-16)11(2)15(18-13)20(3)9-8-12-7-5-10-21-12/h5,7,10H,4,6,8-9,16H2,1-3H3,(H,17,18,19). The van der Waals surface area contributed by atoms with Crippen LogP contribution in [0.5, 0.6) is 0 Å². The highest BCUT2D eigenvalue weighted by molar-refractivity contribution is 7.09. The van der Waals surface area contributed by atoms with Gasteiger partial charge in [-0.15, -0.1) is 11.3 Å². The third kappa shape index (κ3) is 3.92. The number of aryl methyl sites for hydroxylation is 1. The molecule has 21 heavy (non-hydrogen) atoms. The van der Waals surface area contributed by atoms with Crippen molar-refractivity contribution < 1.29 is 0 Å². The summed E-state index contributed by atoms with van der Waals surface area (Å²) in [6.45, 7) is 5.05. The molecule has 0 amide bonds. The van der Waals surface area contributed by atoms with E-state index in [2.05, 4.69) is 46.8 Å². The van der Waals surface area contributed by atoms with Gasteiger partial charge in [-0.3, -0.25) is 0 Å². The molecular weight excluding hydrogens is 282 g/mol. The van der Waals surface area contributed by atoms with Crippen LogP contribution >= 0.6 is 11.3 Å². The molecule has 114 valence electrons. The number of nitrogens with one attached hydrogen (secondary N) is 1. The van der Waals surface area contributed by atoms with E-state index in [4.69, 9.17) is 10.8 Å². The first-order chi connectivity index (χ1) is 10.2. The van der Waals surface area contributed by atoms with Crippen LogP contribution in [-0.4, -0.2) is 23.6 Å². The third-order valence-electron chi connectivity index (χ3n) is 3.41. The van der Waals surface area contributed by atoms with Gasteiger partial charge < -0.3 is 10.3 Å². The number of nitrogens with zero attached hydrogens (tertiary/aromatic N) is 3. The molecule has 6 heteroatoms. The molecule has 0 atom stereocenters. The molecule has 0 saturated heterocycles. The maximum Gasteiger partial charge on any atom is 0.148 e. The van der Waals surface area contributed by atoms with Crippen molar-refractivity contribution in [2.75, 3.05) is 23.9 Å². The minimum atomic E-state index is 0.714. The number of nitrogens with two attached hydrogens (primary N) is 1. The van der Waals surface area contributed by atoms with E-state index in [-0.39, 0.29) is 0 Å². The van der Waals surface area contributed by atoms with Gasteiger partial charge in [0.05, 0.1) is 0 Å². The lowest BCUT2D eigenvalue weighted by atomic mass is 10.2. The molecule has 0 saturated carbocycles. The highest BCUT2D eigenvalue weighted by Gasteiger charge is 2.13. The van der Waals surface area contributed by atoms with Crippen LogP contribution in [0.25, 0.3) is 0 Å². The largest absolute Gasteiger partial charge is 0.359 e. The highest BCUT2D eigenvalue weighted by atomic mass is 32.1. The van der Waals surface area contributed by atoms with E-state index in [1.807, 2.05) is 6.92 Å². The molecule has 0 fully saturated rings. The summed E-state index contributed by atoms with van der Waals surface area (Å²) in [5.74, 6) is 8.09. The summed E-state index contributed by atoms with van der Waals surface area (Å²) >= 11 is 1.79. The van der Waals surface area contributed by atoms with Crippen LogP contribution in [0.2, 0.25) is 0 Å². The van der Waals surface area contributed by atoms with Crippen LogP contribution in [0.1, 0.15) is 29.6 Å². The zero-order chi connectivity index (χ0) is 15.2. The molecule has 0 unspecified atom stereocenters. The van der Waals surface area contributed by atoms with Crippen LogP contribution in [-0.2, 0) is 12.8 Å². The third-order valence-corrected chi connectivity index (χ3v) is 4.35. The summed E-state index contributed by atoms with van der Waals surface area (Å²) in [6.07, 6.45) is 2.90. The fourth-order valence-corrected chi connectivity index (χ4v) is 2.93. The van der Waals surface area contributed by atoms with E-state index < -0.39 is 0 Å². The molecule has 2 aromatic rings. The van der Waals surface area contributed by atoms with E-state index >= 15 is 0 Å². The van der Waals surface area contributed by atoms with Crippen molar-refractivity contribution in [2.45, 2.75) is 33.1 Å². The van der Waals surface area contributed by atoms with Crippen molar-refractivity contribution in [3.63, 3.8) is 0 Å². The summed E-state index contributed by atoms with van der Waals surface area (Å²) < 4.78 is 0. The second kappa shape index (κ2) is 7.38. The van der Waals surface area contributed by atoms with E-state index in [9.17, 15) is 0 Å². The molecule has 2 rings (SSSR count). The van der Waals surface area contributed by atoms with Gasteiger partial charge in [-0.25, -0.2) is 15.8 Å².